The van der Waals surface area contributed by atoms with Crippen LogP contribution in [0.5, 0.6) is 0 Å². The molecule has 2 atom stereocenters. The summed E-state index contributed by atoms with van der Waals surface area (Å²) >= 11 is 0. The standard InChI is InChI=1S/C9H11F5O/c1-2-6-3-4-7(5-6)15-9(13,14)8(10,11)12/h4,6-7H,1-3,5H2. The Morgan fingerprint density at radius 3 is 2.27 bits per heavy atom. The predicted molar refractivity (Wildman–Crippen MR) is 42.9 cm³/mol. The minimum Gasteiger partial charge on any atom is -0.310 e. The van der Waals surface area contributed by atoms with Gasteiger partial charge in [-0.15, -0.1) is 0 Å². The molecule has 0 bridgehead atoms. The van der Waals surface area contributed by atoms with E-state index < -0.39 is 18.4 Å². The Labute approximate surface area is 84.6 Å². The van der Waals surface area contributed by atoms with Gasteiger partial charge in [-0.05, 0) is 25.2 Å². The minimum atomic E-state index is -5.65. The van der Waals surface area contributed by atoms with Crippen molar-refractivity contribution in [1.82, 2.24) is 0 Å². The molecule has 0 N–H and O–H groups in total. The molecule has 0 aromatic carbocycles. The topological polar surface area (TPSA) is 9.23 Å². The molecule has 0 aromatic heterocycles. The molecule has 0 aliphatic heterocycles. The third kappa shape index (κ3) is 3.03. The summed E-state index contributed by atoms with van der Waals surface area (Å²) in [4.78, 5) is 0. The summed E-state index contributed by atoms with van der Waals surface area (Å²) in [6, 6.07) is 0. The van der Waals surface area contributed by atoms with Crippen LogP contribution < -0.4 is 0 Å². The molecule has 6 heteroatoms. The number of halogens is 5. The van der Waals surface area contributed by atoms with Crippen molar-refractivity contribution in [3.05, 3.63) is 13.3 Å². The highest BCUT2D eigenvalue weighted by molar-refractivity contribution is 4.91. The molecule has 1 aliphatic carbocycles. The summed E-state index contributed by atoms with van der Waals surface area (Å²) in [5, 5.41) is 0. The largest absolute Gasteiger partial charge is 0.482 e. The molecule has 1 nitrogen and oxygen atoms in total. The highest BCUT2D eigenvalue weighted by atomic mass is 19.4. The van der Waals surface area contributed by atoms with Crippen LogP contribution in [0.4, 0.5) is 22.0 Å². The fraction of sp³-hybridized carbons (Fsp3) is 0.778. The lowest BCUT2D eigenvalue weighted by Gasteiger charge is -2.23. The second-order valence-corrected chi connectivity index (χ2v) is 3.53. The van der Waals surface area contributed by atoms with Gasteiger partial charge in [0.1, 0.15) is 0 Å². The van der Waals surface area contributed by atoms with Crippen molar-refractivity contribution in [3.63, 3.8) is 0 Å². The molecule has 0 aromatic rings. The fourth-order valence-electron chi connectivity index (χ4n) is 1.45. The van der Waals surface area contributed by atoms with E-state index in [0.717, 1.165) is 0 Å². The van der Waals surface area contributed by atoms with Gasteiger partial charge in [0.2, 0.25) is 0 Å². The van der Waals surface area contributed by atoms with E-state index in [9.17, 15) is 22.0 Å². The van der Waals surface area contributed by atoms with Crippen LogP contribution in [0, 0.1) is 19.3 Å². The van der Waals surface area contributed by atoms with E-state index in [4.69, 9.17) is 0 Å². The van der Waals surface area contributed by atoms with E-state index in [1.807, 2.05) is 0 Å². The van der Waals surface area contributed by atoms with Crippen molar-refractivity contribution < 1.29 is 26.7 Å². The van der Waals surface area contributed by atoms with Gasteiger partial charge in [-0.25, -0.2) is 0 Å². The van der Waals surface area contributed by atoms with Gasteiger partial charge in [0, 0.05) is 0 Å². The normalized spacial score (nSPS) is 28.4. The van der Waals surface area contributed by atoms with E-state index in [0.29, 0.717) is 12.8 Å². The third-order valence-corrected chi connectivity index (χ3v) is 2.34. The SMILES string of the molecule is [CH2]CC1C[CH]C(OC(F)(F)C(F)(F)F)C1. The lowest BCUT2D eigenvalue weighted by molar-refractivity contribution is -0.399. The van der Waals surface area contributed by atoms with Gasteiger partial charge in [0.25, 0.3) is 0 Å². The Balaban J connectivity index is 2.49. The highest BCUT2D eigenvalue weighted by Gasteiger charge is 2.60. The summed E-state index contributed by atoms with van der Waals surface area (Å²) in [5.74, 6) is 0.0408. The minimum absolute atomic E-state index is 0.0408. The number of hydrogen-bond acceptors (Lipinski definition) is 1. The van der Waals surface area contributed by atoms with E-state index in [1.165, 1.54) is 6.42 Å². The smallest absolute Gasteiger partial charge is 0.310 e. The van der Waals surface area contributed by atoms with Crippen LogP contribution in [0.1, 0.15) is 19.3 Å². The predicted octanol–water partition coefficient (Wildman–Crippen LogP) is 3.37. The van der Waals surface area contributed by atoms with Crippen molar-refractivity contribution in [2.24, 2.45) is 5.92 Å². The van der Waals surface area contributed by atoms with Crippen molar-refractivity contribution >= 4 is 0 Å². The molecule has 0 amide bonds. The quantitative estimate of drug-likeness (QED) is 0.675. The zero-order valence-corrected chi connectivity index (χ0v) is 7.86. The molecule has 1 rings (SSSR count). The van der Waals surface area contributed by atoms with Gasteiger partial charge in [-0.3, -0.25) is 0 Å². The number of alkyl halides is 5. The van der Waals surface area contributed by atoms with Gasteiger partial charge in [0.05, 0.1) is 6.10 Å². The van der Waals surface area contributed by atoms with Crippen LogP contribution in [0.2, 0.25) is 0 Å². The first-order valence-corrected chi connectivity index (χ1v) is 4.51. The Kier molecular flexibility index (Phi) is 3.58. The summed E-state index contributed by atoms with van der Waals surface area (Å²) in [6.45, 7) is 3.56. The molecular formula is C9H11F5O. The first-order valence-electron chi connectivity index (χ1n) is 4.51. The molecule has 0 spiro atoms. The molecule has 88 valence electrons. The molecule has 0 heterocycles. The maximum atomic E-state index is 12.4. The Morgan fingerprint density at radius 1 is 1.27 bits per heavy atom. The Hall–Kier alpha value is -0.390. The lowest BCUT2D eigenvalue weighted by atomic mass is 10.1. The monoisotopic (exact) mass is 230 g/mol. The number of rotatable bonds is 3. The number of ether oxygens (including phenoxy) is 1. The van der Waals surface area contributed by atoms with Gasteiger partial charge >= 0.3 is 12.3 Å². The van der Waals surface area contributed by atoms with Crippen LogP contribution >= 0.6 is 0 Å². The molecule has 2 radical (unpaired) electrons. The second-order valence-electron chi connectivity index (χ2n) is 3.53. The van der Waals surface area contributed by atoms with Gasteiger partial charge in [-0.1, -0.05) is 13.3 Å². The maximum absolute atomic E-state index is 12.4. The molecule has 1 aliphatic rings. The first kappa shape index (κ1) is 12.7. The lowest BCUT2D eigenvalue weighted by Crippen LogP contribution is -2.41. The summed E-state index contributed by atoms with van der Waals surface area (Å²) in [7, 11) is 0. The van der Waals surface area contributed by atoms with Crippen molar-refractivity contribution in [3.8, 4) is 0 Å². The van der Waals surface area contributed by atoms with E-state index >= 15 is 0 Å². The van der Waals surface area contributed by atoms with Crippen molar-refractivity contribution in [2.45, 2.75) is 37.7 Å². The van der Waals surface area contributed by atoms with Gasteiger partial charge in [-0.2, -0.15) is 22.0 Å². The maximum Gasteiger partial charge on any atom is 0.482 e. The van der Waals surface area contributed by atoms with E-state index in [1.54, 1.807) is 0 Å². The molecular weight excluding hydrogens is 219 g/mol. The van der Waals surface area contributed by atoms with Crippen LogP contribution in [-0.2, 0) is 4.74 Å². The second kappa shape index (κ2) is 4.23. The zero-order chi connectivity index (χ0) is 11.7. The zero-order valence-electron chi connectivity index (χ0n) is 7.86. The van der Waals surface area contributed by atoms with E-state index in [-0.39, 0.29) is 12.3 Å². The average Bonchev–Trinajstić information content (AvgIpc) is 2.49. The van der Waals surface area contributed by atoms with Crippen LogP contribution in [0.15, 0.2) is 0 Å². The molecule has 0 saturated heterocycles. The average molecular weight is 230 g/mol. The molecule has 1 saturated carbocycles. The summed E-state index contributed by atoms with van der Waals surface area (Å²) in [5.41, 5.74) is 0. The fourth-order valence-corrected chi connectivity index (χ4v) is 1.45. The Morgan fingerprint density at radius 2 is 1.87 bits per heavy atom. The van der Waals surface area contributed by atoms with Crippen LogP contribution in [-0.4, -0.2) is 18.4 Å². The number of hydrogen-bond donors (Lipinski definition) is 0. The van der Waals surface area contributed by atoms with Crippen molar-refractivity contribution in [1.29, 1.82) is 0 Å². The van der Waals surface area contributed by atoms with Crippen molar-refractivity contribution in [2.75, 3.05) is 0 Å². The third-order valence-electron chi connectivity index (χ3n) is 2.34. The van der Waals surface area contributed by atoms with Gasteiger partial charge < -0.3 is 4.74 Å². The van der Waals surface area contributed by atoms with E-state index in [2.05, 4.69) is 11.7 Å². The molecule has 15 heavy (non-hydrogen) atoms. The highest BCUT2D eigenvalue weighted by Crippen LogP contribution is 2.40. The molecule has 2 unspecified atom stereocenters. The summed E-state index contributed by atoms with van der Waals surface area (Å²) < 4.78 is 63.9. The molecule has 1 fully saturated rings. The summed E-state index contributed by atoms with van der Waals surface area (Å²) in [6.07, 6.45) is -9.35. The Bertz CT molecular complexity index is 213. The van der Waals surface area contributed by atoms with Crippen LogP contribution in [0.25, 0.3) is 0 Å². The van der Waals surface area contributed by atoms with Gasteiger partial charge in [0.15, 0.2) is 0 Å². The first-order chi connectivity index (χ1) is 6.76. The van der Waals surface area contributed by atoms with Crippen LogP contribution in [0.3, 0.4) is 0 Å².